The van der Waals surface area contributed by atoms with Gasteiger partial charge in [-0.3, -0.25) is 4.79 Å². The molecule has 1 aromatic heterocycles. The molecule has 5 heteroatoms. The number of carbonyl (C=O) groups excluding carboxylic acids is 1. The first-order valence-electron chi connectivity index (χ1n) is 6.54. The number of aromatic nitrogens is 2. The molecule has 0 unspecified atom stereocenters. The Balaban J connectivity index is 1.91. The summed E-state index contributed by atoms with van der Waals surface area (Å²) in [5.41, 5.74) is 1.04. The van der Waals surface area contributed by atoms with Crippen molar-refractivity contribution in [3.8, 4) is 0 Å². The van der Waals surface area contributed by atoms with Crippen molar-refractivity contribution in [2.24, 2.45) is 0 Å². The lowest BCUT2D eigenvalue weighted by Gasteiger charge is -2.25. The molecule has 0 spiro atoms. The predicted octanol–water partition coefficient (Wildman–Crippen LogP) is 1.05. The SMILES string of the molecule is CCO[C@@H](C)C(=O)N[C@@H]1CCc2nc(C)cn2C1. The van der Waals surface area contributed by atoms with Gasteiger partial charge in [0.2, 0.25) is 5.91 Å². The van der Waals surface area contributed by atoms with Gasteiger partial charge in [-0.2, -0.15) is 0 Å². The summed E-state index contributed by atoms with van der Waals surface area (Å²) in [4.78, 5) is 16.3. The summed E-state index contributed by atoms with van der Waals surface area (Å²) < 4.78 is 7.42. The topological polar surface area (TPSA) is 56.1 Å². The monoisotopic (exact) mass is 251 g/mol. The Kier molecular flexibility index (Phi) is 4.01. The van der Waals surface area contributed by atoms with Gasteiger partial charge < -0.3 is 14.6 Å². The average molecular weight is 251 g/mol. The Morgan fingerprint density at radius 3 is 3.22 bits per heavy atom. The van der Waals surface area contributed by atoms with Crippen LogP contribution in [0.1, 0.15) is 31.8 Å². The van der Waals surface area contributed by atoms with E-state index in [0.29, 0.717) is 6.61 Å². The number of nitrogens with one attached hydrogen (secondary N) is 1. The van der Waals surface area contributed by atoms with Crippen LogP contribution in [0.15, 0.2) is 6.20 Å². The van der Waals surface area contributed by atoms with Gasteiger partial charge in [0, 0.05) is 31.8 Å². The van der Waals surface area contributed by atoms with E-state index >= 15 is 0 Å². The molecule has 1 amide bonds. The van der Waals surface area contributed by atoms with E-state index in [1.165, 1.54) is 0 Å². The molecule has 18 heavy (non-hydrogen) atoms. The van der Waals surface area contributed by atoms with E-state index in [1.807, 2.05) is 20.0 Å². The number of amides is 1. The highest BCUT2D eigenvalue weighted by Gasteiger charge is 2.23. The molecule has 0 fully saturated rings. The number of aryl methyl sites for hydroxylation is 2. The summed E-state index contributed by atoms with van der Waals surface area (Å²) in [6.45, 7) is 7.04. The summed E-state index contributed by atoms with van der Waals surface area (Å²) in [7, 11) is 0. The van der Waals surface area contributed by atoms with Crippen LogP contribution >= 0.6 is 0 Å². The van der Waals surface area contributed by atoms with Gasteiger partial charge in [0.25, 0.3) is 0 Å². The number of hydrogen-bond acceptors (Lipinski definition) is 3. The first-order chi connectivity index (χ1) is 8.60. The highest BCUT2D eigenvalue weighted by atomic mass is 16.5. The van der Waals surface area contributed by atoms with E-state index in [2.05, 4.69) is 14.9 Å². The highest BCUT2D eigenvalue weighted by molar-refractivity contribution is 5.80. The molecule has 1 aromatic rings. The van der Waals surface area contributed by atoms with Crippen LogP contribution in [-0.2, 0) is 22.5 Å². The largest absolute Gasteiger partial charge is 0.369 e. The molecule has 1 N–H and O–H groups in total. The van der Waals surface area contributed by atoms with E-state index in [4.69, 9.17) is 4.74 Å². The summed E-state index contributed by atoms with van der Waals surface area (Å²) in [6.07, 6.45) is 3.53. The lowest BCUT2D eigenvalue weighted by atomic mass is 10.1. The minimum atomic E-state index is -0.374. The van der Waals surface area contributed by atoms with Crippen LogP contribution < -0.4 is 5.32 Å². The molecule has 0 aliphatic carbocycles. The van der Waals surface area contributed by atoms with E-state index < -0.39 is 0 Å². The minimum Gasteiger partial charge on any atom is -0.369 e. The van der Waals surface area contributed by atoms with Crippen molar-refractivity contribution >= 4 is 5.91 Å². The standard InChI is InChI=1S/C13H21N3O2/c1-4-18-10(3)13(17)15-11-5-6-12-14-9(2)7-16(12)8-11/h7,10-11H,4-6,8H2,1-3H3,(H,15,17)/t10-,11+/m0/s1. The molecule has 0 aromatic carbocycles. The maximum Gasteiger partial charge on any atom is 0.249 e. The third-order valence-corrected chi connectivity index (χ3v) is 3.25. The summed E-state index contributed by atoms with van der Waals surface area (Å²) >= 11 is 0. The smallest absolute Gasteiger partial charge is 0.249 e. The maximum absolute atomic E-state index is 11.9. The van der Waals surface area contributed by atoms with Crippen molar-refractivity contribution in [1.82, 2.24) is 14.9 Å². The van der Waals surface area contributed by atoms with E-state index in [-0.39, 0.29) is 18.1 Å². The van der Waals surface area contributed by atoms with Gasteiger partial charge in [-0.25, -0.2) is 4.98 Å². The lowest BCUT2D eigenvalue weighted by molar-refractivity contribution is -0.132. The zero-order valence-electron chi connectivity index (χ0n) is 11.3. The summed E-state index contributed by atoms with van der Waals surface area (Å²) in [6, 6.07) is 0.182. The molecule has 1 aliphatic heterocycles. The van der Waals surface area contributed by atoms with Crippen LogP contribution in [0, 0.1) is 6.92 Å². The number of fused-ring (bicyclic) bond motifs is 1. The van der Waals surface area contributed by atoms with Crippen LogP contribution in [0.5, 0.6) is 0 Å². The minimum absolute atomic E-state index is 0.0258. The number of imidazole rings is 1. The molecular formula is C13H21N3O2. The van der Waals surface area contributed by atoms with Crippen molar-refractivity contribution in [1.29, 1.82) is 0 Å². The van der Waals surface area contributed by atoms with Crippen molar-refractivity contribution in [3.05, 3.63) is 17.7 Å². The van der Waals surface area contributed by atoms with Gasteiger partial charge in [-0.1, -0.05) is 0 Å². The molecule has 1 aliphatic rings. The zero-order chi connectivity index (χ0) is 13.1. The van der Waals surface area contributed by atoms with E-state index in [9.17, 15) is 4.79 Å². The second-order valence-corrected chi connectivity index (χ2v) is 4.79. The normalized spacial score (nSPS) is 20.3. The Bertz CT molecular complexity index is 428. The van der Waals surface area contributed by atoms with Gasteiger partial charge in [-0.15, -0.1) is 0 Å². The van der Waals surface area contributed by atoms with Crippen LogP contribution in [0.4, 0.5) is 0 Å². The molecule has 0 saturated heterocycles. The number of nitrogens with zero attached hydrogens (tertiary/aromatic N) is 2. The Morgan fingerprint density at radius 1 is 1.72 bits per heavy atom. The molecule has 0 radical (unpaired) electrons. The van der Waals surface area contributed by atoms with Crippen molar-refractivity contribution < 1.29 is 9.53 Å². The molecule has 2 rings (SSSR count). The molecule has 5 nitrogen and oxygen atoms in total. The predicted molar refractivity (Wildman–Crippen MR) is 68.3 cm³/mol. The van der Waals surface area contributed by atoms with Crippen molar-refractivity contribution in [3.63, 3.8) is 0 Å². The Hall–Kier alpha value is -1.36. The van der Waals surface area contributed by atoms with Gasteiger partial charge >= 0.3 is 0 Å². The molecule has 2 heterocycles. The van der Waals surface area contributed by atoms with Crippen molar-refractivity contribution in [2.75, 3.05) is 6.61 Å². The van der Waals surface area contributed by atoms with Crippen LogP contribution in [0.2, 0.25) is 0 Å². The second-order valence-electron chi connectivity index (χ2n) is 4.79. The number of rotatable bonds is 4. The zero-order valence-corrected chi connectivity index (χ0v) is 11.3. The van der Waals surface area contributed by atoms with Crippen LogP contribution in [-0.4, -0.2) is 34.2 Å². The van der Waals surface area contributed by atoms with E-state index in [0.717, 1.165) is 30.9 Å². The van der Waals surface area contributed by atoms with Gasteiger partial charge in [0.15, 0.2) is 0 Å². The maximum atomic E-state index is 11.9. The Labute approximate surface area is 108 Å². The van der Waals surface area contributed by atoms with Crippen LogP contribution in [0.25, 0.3) is 0 Å². The molecular weight excluding hydrogens is 230 g/mol. The quantitative estimate of drug-likeness (QED) is 0.870. The van der Waals surface area contributed by atoms with Crippen LogP contribution in [0.3, 0.4) is 0 Å². The second kappa shape index (κ2) is 5.52. The first kappa shape index (κ1) is 13.1. The fraction of sp³-hybridized carbons (Fsp3) is 0.692. The molecule has 100 valence electrons. The fourth-order valence-corrected chi connectivity index (χ4v) is 2.35. The number of hydrogen-bond donors (Lipinski definition) is 1. The molecule has 2 atom stereocenters. The van der Waals surface area contributed by atoms with Crippen molar-refractivity contribution in [2.45, 2.75) is 52.3 Å². The first-order valence-corrected chi connectivity index (χ1v) is 6.54. The third kappa shape index (κ3) is 2.90. The highest BCUT2D eigenvalue weighted by Crippen LogP contribution is 2.15. The lowest BCUT2D eigenvalue weighted by Crippen LogP contribution is -2.45. The van der Waals surface area contributed by atoms with E-state index in [1.54, 1.807) is 6.92 Å². The van der Waals surface area contributed by atoms with Gasteiger partial charge in [0.05, 0.1) is 5.69 Å². The summed E-state index contributed by atoms with van der Waals surface area (Å²) in [5, 5.41) is 3.04. The number of carbonyl (C=O) groups is 1. The Morgan fingerprint density at radius 2 is 2.50 bits per heavy atom. The van der Waals surface area contributed by atoms with Gasteiger partial charge in [-0.05, 0) is 27.2 Å². The molecule has 0 bridgehead atoms. The summed E-state index contributed by atoms with van der Waals surface area (Å²) in [5.74, 6) is 1.10. The number of ether oxygens (including phenoxy) is 1. The average Bonchev–Trinajstić information content (AvgIpc) is 2.68. The fourth-order valence-electron chi connectivity index (χ4n) is 2.35. The van der Waals surface area contributed by atoms with Gasteiger partial charge in [0.1, 0.15) is 11.9 Å². The third-order valence-electron chi connectivity index (χ3n) is 3.25. The molecule has 0 saturated carbocycles.